The first kappa shape index (κ1) is 17.0. The summed E-state index contributed by atoms with van der Waals surface area (Å²) in [5.41, 5.74) is 2.17. The zero-order valence-corrected chi connectivity index (χ0v) is 14.5. The molecular weight excluding hydrogens is 319 g/mol. The van der Waals surface area contributed by atoms with Crippen LogP contribution in [0.1, 0.15) is 34.1 Å². The van der Waals surface area contributed by atoms with E-state index in [4.69, 9.17) is 4.42 Å². The van der Waals surface area contributed by atoms with Crippen LogP contribution in [0, 0.1) is 18.7 Å². The monoisotopic (exact) mass is 344 g/mol. The average molecular weight is 344 g/mol. The third-order valence-electron chi connectivity index (χ3n) is 4.20. The molecule has 0 bridgehead atoms. The number of rotatable bonds is 4. The third-order valence-corrected chi connectivity index (χ3v) is 4.20. The molecule has 0 unspecified atom stereocenters. The van der Waals surface area contributed by atoms with Crippen LogP contribution in [0.2, 0.25) is 0 Å². The number of carbonyl (C=O) groups excluding carboxylic acids is 1. The zero-order chi connectivity index (χ0) is 18.0. The fourth-order valence-corrected chi connectivity index (χ4v) is 2.87. The lowest BCUT2D eigenvalue weighted by Crippen LogP contribution is -2.35. The second-order valence-corrected chi connectivity index (χ2v) is 6.42. The molecule has 134 valence electrons. The number of benzene rings is 2. The van der Waals surface area contributed by atoms with Gasteiger partial charge in [0.1, 0.15) is 17.2 Å². The minimum atomic E-state index is -0.320. The standard InChI is InChI=1S/C20H21FN2O2.2H2/c1-12(2)18(23-20(24)22-15-7-5-4-6-8-15)19-13(3)16-11-14(21)9-10-17(16)25-19;;/h4-12,18H,1-3H3,(H2,22,23,24);2*1H/t18-;;/m0../s1. The number of amides is 2. The molecule has 2 N–H and O–H groups in total. The Morgan fingerprint density at radius 3 is 2.56 bits per heavy atom. The molecule has 1 atom stereocenters. The first-order chi connectivity index (χ1) is 12.0. The molecule has 25 heavy (non-hydrogen) atoms. The van der Waals surface area contributed by atoms with E-state index in [0.717, 1.165) is 10.9 Å². The van der Waals surface area contributed by atoms with Crippen molar-refractivity contribution in [3.8, 4) is 0 Å². The normalized spacial score (nSPS) is 12.4. The van der Waals surface area contributed by atoms with Gasteiger partial charge >= 0.3 is 6.03 Å². The fraction of sp³-hybridized carbons (Fsp3) is 0.250. The van der Waals surface area contributed by atoms with Gasteiger partial charge in [-0.05, 0) is 43.2 Å². The molecule has 0 aliphatic heterocycles. The molecule has 0 aliphatic rings. The minimum absolute atomic E-state index is 0. The van der Waals surface area contributed by atoms with E-state index in [0.29, 0.717) is 17.0 Å². The summed E-state index contributed by atoms with van der Waals surface area (Å²) in [6, 6.07) is 13.0. The lowest BCUT2D eigenvalue weighted by Gasteiger charge is -2.21. The van der Waals surface area contributed by atoms with Crippen molar-refractivity contribution in [2.45, 2.75) is 26.8 Å². The number of halogens is 1. The number of hydrogen-bond acceptors (Lipinski definition) is 2. The number of aryl methyl sites for hydroxylation is 1. The maximum atomic E-state index is 13.5. The number of hydrogen-bond donors (Lipinski definition) is 2. The predicted molar refractivity (Wildman–Crippen MR) is 101 cm³/mol. The van der Waals surface area contributed by atoms with Gasteiger partial charge in [0.25, 0.3) is 0 Å². The second-order valence-electron chi connectivity index (χ2n) is 6.42. The van der Waals surface area contributed by atoms with Crippen LogP contribution >= 0.6 is 0 Å². The lowest BCUT2D eigenvalue weighted by atomic mass is 9.98. The Morgan fingerprint density at radius 1 is 1.16 bits per heavy atom. The van der Waals surface area contributed by atoms with E-state index >= 15 is 0 Å². The van der Waals surface area contributed by atoms with Crippen LogP contribution in [-0.4, -0.2) is 6.03 Å². The van der Waals surface area contributed by atoms with Crippen molar-refractivity contribution in [3.05, 3.63) is 65.7 Å². The molecule has 3 rings (SSSR count). The van der Waals surface area contributed by atoms with Gasteiger partial charge in [-0.25, -0.2) is 9.18 Å². The van der Waals surface area contributed by atoms with Crippen molar-refractivity contribution in [2.75, 3.05) is 5.32 Å². The SMILES string of the molecule is Cc1c([C@@H](NC(=O)Nc2ccccc2)C(C)C)oc2ccc(F)cc12.[HH].[HH]. The highest BCUT2D eigenvalue weighted by molar-refractivity contribution is 5.89. The largest absolute Gasteiger partial charge is 0.459 e. The summed E-state index contributed by atoms with van der Waals surface area (Å²) in [5, 5.41) is 6.50. The number of para-hydroxylation sites is 1. The van der Waals surface area contributed by atoms with Gasteiger partial charge < -0.3 is 15.1 Å². The first-order valence-corrected chi connectivity index (χ1v) is 8.27. The lowest BCUT2D eigenvalue weighted by molar-refractivity contribution is 0.241. The van der Waals surface area contributed by atoms with Crippen molar-refractivity contribution in [2.24, 2.45) is 5.92 Å². The minimum Gasteiger partial charge on any atom is -0.459 e. The number of anilines is 1. The van der Waals surface area contributed by atoms with Gasteiger partial charge in [0.05, 0.1) is 6.04 Å². The molecular formula is C20H25FN2O2. The molecule has 0 fully saturated rings. The van der Waals surface area contributed by atoms with Gasteiger partial charge in [-0.2, -0.15) is 0 Å². The molecule has 0 saturated heterocycles. The highest BCUT2D eigenvalue weighted by atomic mass is 19.1. The van der Waals surface area contributed by atoms with Crippen LogP contribution in [0.4, 0.5) is 14.9 Å². The smallest absolute Gasteiger partial charge is 0.319 e. The van der Waals surface area contributed by atoms with Crippen LogP contribution in [0.25, 0.3) is 11.0 Å². The molecule has 1 heterocycles. The first-order valence-electron chi connectivity index (χ1n) is 8.27. The summed E-state index contributed by atoms with van der Waals surface area (Å²) < 4.78 is 19.4. The number of carbonyl (C=O) groups is 1. The Hall–Kier alpha value is -2.82. The summed E-state index contributed by atoms with van der Waals surface area (Å²) in [4.78, 5) is 12.4. The third kappa shape index (κ3) is 3.65. The second kappa shape index (κ2) is 6.97. The van der Waals surface area contributed by atoms with Crippen LogP contribution in [0.5, 0.6) is 0 Å². The van der Waals surface area contributed by atoms with Crippen LogP contribution in [-0.2, 0) is 0 Å². The van der Waals surface area contributed by atoms with E-state index < -0.39 is 0 Å². The van der Waals surface area contributed by atoms with Gasteiger partial charge in [-0.15, -0.1) is 0 Å². The predicted octanol–water partition coefficient (Wildman–Crippen LogP) is 5.89. The van der Waals surface area contributed by atoms with Crippen molar-refractivity contribution in [1.82, 2.24) is 5.32 Å². The topological polar surface area (TPSA) is 54.3 Å². The number of furan rings is 1. The molecule has 0 radical (unpaired) electrons. The maximum absolute atomic E-state index is 13.5. The van der Waals surface area contributed by atoms with Crippen molar-refractivity contribution in [1.29, 1.82) is 0 Å². The van der Waals surface area contributed by atoms with Crippen LogP contribution in [0.3, 0.4) is 0 Å². The number of fused-ring (bicyclic) bond motifs is 1. The molecule has 0 aliphatic carbocycles. The summed E-state index contributed by atoms with van der Waals surface area (Å²) in [6.07, 6.45) is 0. The van der Waals surface area contributed by atoms with E-state index in [-0.39, 0.29) is 26.7 Å². The molecule has 2 aromatic carbocycles. The molecule has 0 spiro atoms. The highest BCUT2D eigenvalue weighted by Crippen LogP contribution is 2.33. The average Bonchev–Trinajstić information content (AvgIpc) is 2.90. The summed E-state index contributed by atoms with van der Waals surface area (Å²) in [7, 11) is 0. The Bertz CT molecular complexity index is 898. The Morgan fingerprint density at radius 2 is 1.88 bits per heavy atom. The van der Waals surface area contributed by atoms with Gasteiger partial charge in [0.15, 0.2) is 0 Å². The molecule has 0 saturated carbocycles. The van der Waals surface area contributed by atoms with E-state index in [1.165, 1.54) is 12.1 Å². The summed E-state index contributed by atoms with van der Waals surface area (Å²) in [6.45, 7) is 5.88. The van der Waals surface area contributed by atoms with E-state index in [1.54, 1.807) is 6.07 Å². The Balaban J connectivity index is 0.00000182. The summed E-state index contributed by atoms with van der Waals surface area (Å²) in [5.74, 6) is 0.447. The van der Waals surface area contributed by atoms with Gasteiger partial charge in [-0.1, -0.05) is 32.0 Å². The van der Waals surface area contributed by atoms with Crippen LogP contribution in [0.15, 0.2) is 52.9 Å². The van der Waals surface area contributed by atoms with E-state index in [2.05, 4.69) is 10.6 Å². The van der Waals surface area contributed by atoms with Gasteiger partial charge in [0.2, 0.25) is 0 Å². The van der Waals surface area contributed by atoms with Gasteiger partial charge in [0, 0.05) is 19.5 Å². The number of urea groups is 1. The molecule has 5 heteroatoms. The zero-order valence-electron chi connectivity index (χ0n) is 14.5. The van der Waals surface area contributed by atoms with Crippen molar-refractivity contribution < 1.29 is 16.5 Å². The Kier molecular flexibility index (Phi) is 4.74. The van der Waals surface area contributed by atoms with Crippen molar-refractivity contribution >= 4 is 22.7 Å². The molecule has 4 nitrogen and oxygen atoms in total. The summed E-state index contributed by atoms with van der Waals surface area (Å²) >= 11 is 0. The van der Waals surface area contributed by atoms with E-state index in [9.17, 15) is 9.18 Å². The molecule has 2 amide bonds. The van der Waals surface area contributed by atoms with E-state index in [1.807, 2.05) is 51.1 Å². The highest BCUT2D eigenvalue weighted by Gasteiger charge is 2.25. The van der Waals surface area contributed by atoms with Crippen molar-refractivity contribution in [3.63, 3.8) is 0 Å². The van der Waals surface area contributed by atoms with Crippen LogP contribution < -0.4 is 10.6 Å². The Labute approximate surface area is 149 Å². The maximum Gasteiger partial charge on any atom is 0.319 e. The molecule has 3 aromatic rings. The molecule has 1 aromatic heterocycles. The fourth-order valence-electron chi connectivity index (χ4n) is 2.87. The number of nitrogens with one attached hydrogen (secondary N) is 2. The quantitative estimate of drug-likeness (QED) is 0.620. The van der Waals surface area contributed by atoms with Gasteiger partial charge in [-0.3, -0.25) is 0 Å².